The maximum Gasteiger partial charge on any atom is 0.0613 e. The van der Waals surface area contributed by atoms with Crippen LogP contribution in [0.2, 0.25) is 0 Å². The van der Waals surface area contributed by atoms with Gasteiger partial charge in [0.1, 0.15) is 0 Å². The summed E-state index contributed by atoms with van der Waals surface area (Å²) < 4.78 is 0. The van der Waals surface area contributed by atoms with Crippen LogP contribution in [-0.4, -0.2) is 47.3 Å². The first kappa shape index (κ1) is 16.3. The summed E-state index contributed by atoms with van der Waals surface area (Å²) in [6, 6.07) is 1.10. The van der Waals surface area contributed by atoms with Gasteiger partial charge in [0.25, 0.3) is 0 Å². The van der Waals surface area contributed by atoms with E-state index in [4.69, 9.17) is 0 Å². The number of rotatable bonds is 4. The van der Waals surface area contributed by atoms with Gasteiger partial charge in [0.05, 0.1) is 6.61 Å². The Morgan fingerprint density at radius 2 is 2.00 bits per heavy atom. The number of likely N-dealkylation sites (tertiary alicyclic amines) is 1. The van der Waals surface area contributed by atoms with E-state index in [1.807, 2.05) is 0 Å². The molecular formula is C17H34N2O. The second kappa shape index (κ2) is 6.33. The molecule has 2 fully saturated rings. The fraction of sp³-hybridized carbons (Fsp3) is 1.00. The third-order valence-electron chi connectivity index (χ3n) is 5.16. The summed E-state index contributed by atoms with van der Waals surface area (Å²) in [4.78, 5) is 2.70. The fourth-order valence-corrected chi connectivity index (χ4v) is 4.36. The van der Waals surface area contributed by atoms with Crippen LogP contribution < -0.4 is 5.32 Å². The van der Waals surface area contributed by atoms with Crippen molar-refractivity contribution < 1.29 is 5.11 Å². The maximum absolute atomic E-state index is 9.93. The third-order valence-corrected chi connectivity index (χ3v) is 5.16. The van der Waals surface area contributed by atoms with Gasteiger partial charge in [-0.1, -0.05) is 27.7 Å². The summed E-state index contributed by atoms with van der Waals surface area (Å²) in [6.07, 6.45) is 7.45. The van der Waals surface area contributed by atoms with Crippen molar-refractivity contribution in [3.8, 4) is 0 Å². The van der Waals surface area contributed by atoms with Crippen molar-refractivity contribution in [1.82, 2.24) is 10.2 Å². The lowest BCUT2D eigenvalue weighted by atomic mass is 9.76. The number of nitrogens with zero attached hydrogens (tertiary/aromatic N) is 1. The monoisotopic (exact) mass is 282 g/mol. The Kier molecular flexibility index (Phi) is 5.14. The molecule has 0 aromatic carbocycles. The number of aliphatic hydroxyl groups is 1. The molecule has 2 aliphatic rings. The van der Waals surface area contributed by atoms with E-state index < -0.39 is 0 Å². The highest BCUT2D eigenvalue weighted by Gasteiger charge is 2.40. The van der Waals surface area contributed by atoms with Gasteiger partial charge in [0.15, 0.2) is 0 Å². The molecule has 0 aromatic heterocycles. The van der Waals surface area contributed by atoms with Crippen molar-refractivity contribution in [3.63, 3.8) is 0 Å². The molecule has 3 heteroatoms. The summed E-state index contributed by atoms with van der Waals surface area (Å²) in [5.74, 6) is 0. The molecular weight excluding hydrogens is 248 g/mol. The van der Waals surface area contributed by atoms with Crippen molar-refractivity contribution in [3.05, 3.63) is 0 Å². The Hall–Kier alpha value is -0.120. The van der Waals surface area contributed by atoms with Crippen LogP contribution in [-0.2, 0) is 0 Å². The lowest BCUT2D eigenvalue weighted by Gasteiger charge is -2.49. The molecule has 118 valence electrons. The Bertz CT molecular complexity index is 316. The van der Waals surface area contributed by atoms with Gasteiger partial charge in [-0.15, -0.1) is 0 Å². The van der Waals surface area contributed by atoms with Crippen molar-refractivity contribution >= 4 is 0 Å². The van der Waals surface area contributed by atoms with E-state index in [-0.39, 0.29) is 12.1 Å². The second-order valence-corrected chi connectivity index (χ2v) is 8.23. The minimum absolute atomic E-state index is 0.0430. The van der Waals surface area contributed by atoms with Crippen LogP contribution in [0, 0.1) is 5.41 Å². The highest BCUT2D eigenvalue weighted by Crippen LogP contribution is 2.36. The van der Waals surface area contributed by atoms with Crippen LogP contribution in [0.3, 0.4) is 0 Å². The highest BCUT2D eigenvalue weighted by molar-refractivity contribution is 4.98. The van der Waals surface area contributed by atoms with Crippen LogP contribution in [0.1, 0.15) is 66.2 Å². The maximum atomic E-state index is 9.93. The summed E-state index contributed by atoms with van der Waals surface area (Å²) in [7, 11) is 0. The van der Waals surface area contributed by atoms with E-state index >= 15 is 0 Å². The van der Waals surface area contributed by atoms with Gasteiger partial charge in [0, 0.05) is 24.2 Å². The quantitative estimate of drug-likeness (QED) is 0.832. The number of piperidine rings is 1. The molecule has 1 saturated carbocycles. The summed E-state index contributed by atoms with van der Waals surface area (Å²) in [6.45, 7) is 11.9. The lowest BCUT2D eigenvalue weighted by molar-refractivity contribution is 0.0182. The van der Waals surface area contributed by atoms with Crippen LogP contribution in [0.5, 0.6) is 0 Å². The predicted molar refractivity (Wildman–Crippen MR) is 84.9 cm³/mol. The van der Waals surface area contributed by atoms with Gasteiger partial charge in [-0.25, -0.2) is 0 Å². The van der Waals surface area contributed by atoms with E-state index in [1.165, 1.54) is 38.8 Å². The molecule has 1 heterocycles. The van der Waals surface area contributed by atoms with Gasteiger partial charge in [0.2, 0.25) is 0 Å². The molecule has 0 spiro atoms. The Morgan fingerprint density at radius 1 is 1.25 bits per heavy atom. The molecule has 1 saturated heterocycles. The minimum Gasteiger partial charge on any atom is -0.394 e. The Morgan fingerprint density at radius 3 is 2.60 bits per heavy atom. The van der Waals surface area contributed by atoms with Crippen LogP contribution in [0.4, 0.5) is 0 Å². The van der Waals surface area contributed by atoms with Gasteiger partial charge in [-0.05, 0) is 50.5 Å². The fourth-order valence-electron chi connectivity index (χ4n) is 4.36. The first-order chi connectivity index (χ1) is 9.36. The summed E-state index contributed by atoms with van der Waals surface area (Å²) >= 11 is 0. The van der Waals surface area contributed by atoms with Gasteiger partial charge in [-0.3, -0.25) is 4.90 Å². The van der Waals surface area contributed by atoms with E-state index in [9.17, 15) is 5.11 Å². The molecule has 20 heavy (non-hydrogen) atoms. The zero-order chi connectivity index (χ0) is 14.8. The van der Waals surface area contributed by atoms with Crippen LogP contribution in [0.15, 0.2) is 0 Å². The predicted octanol–water partition coefficient (Wildman–Crippen LogP) is 2.78. The molecule has 3 nitrogen and oxygen atoms in total. The van der Waals surface area contributed by atoms with Crippen molar-refractivity contribution in [2.24, 2.45) is 5.41 Å². The summed E-state index contributed by atoms with van der Waals surface area (Å²) in [5, 5.41) is 13.6. The molecule has 0 aromatic rings. The molecule has 2 unspecified atom stereocenters. The normalized spacial score (nSPS) is 35.4. The molecule has 2 N–H and O–H groups in total. The highest BCUT2D eigenvalue weighted by atomic mass is 16.3. The van der Waals surface area contributed by atoms with E-state index in [2.05, 4.69) is 37.9 Å². The first-order valence-corrected chi connectivity index (χ1v) is 8.48. The van der Waals surface area contributed by atoms with Crippen LogP contribution in [0.25, 0.3) is 0 Å². The van der Waals surface area contributed by atoms with Crippen molar-refractivity contribution in [2.45, 2.75) is 83.8 Å². The smallest absolute Gasteiger partial charge is 0.0613 e. The lowest BCUT2D eigenvalue weighted by Crippen LogP contribution is -2.59. The van der Waals surface area contributed by atoms with E-state index in [0.717, 1.165) is 12.8 Å². The first-order valence-electron chi connectivity index (χ1n) is 8.48. The second-order valence-electron chi connectivity index (χ2n) is 8.23. The Balaban J connectivity index is 2.02. The third kappa shape index (κ3) is 3.96. The number of nitrogens with one attached hydrogen (secondary N) is 1. The van der Waals surface area contributed by atoms with E-state index in [0.29, 0.717) is 17.5 Å². The minimum atomic E-state index is -0.0430. The summed E-state index contributed by atoms with van der Waals surface area (Å²) in [5.41, 5.74) is 0.418. The molecule has 1 aliphatic carbocycles. The van der Waals surface area contributed by atoms with E-state index in [1.54, 1.807) is 0 Å². The number of hydrogen-bond donors (Lipinski definition) is 2. The van der Waals surface area contributed by atoms with Gasteiger partial charge >= 0.3 is 0 Å². The van der Waals surface area contributed by atoms with Crippen LogP contribution >= 0.6 is 0 Å². The zero-order valence-corrected chi connectivity index (χ0v) is 13.9. The molecule has 2 rings (SSSR count). The molecule has 0 amide bonds. The van der Waals surface area contributed by atoms with Crippen molar-refractivity contribution in [1.29, 1.82) is 0 Å². The van der Waals surface area contributed by atoms with Gasteiger partial charge < -0.3 is 10.4 Å². The standard InChI is InChI=1S/C17H34N2O/c1-14(2)18-17(13-20)9-5-7-15(11-17)19-10-6-8-16(3,4)12-19/h14-15,18,20H,5-13H2,1-4H3. The average Bonchev–Trinajstić information content (AvgIpc) is 2.37. The average molecular weight is 282 g/mol. The molecule has 0 bridgehead atoms. The molecule has 2 atom stereocenters. The molecule has 1 aliphatic heterocycles. The zero-order valence-electron chi connectivity index (χ0n) is 13.9. The SMILES string of the molecule is CC(C)NC1(CO)CCCC(N2CCCC(C)(C)C2)C1. The molecule has 0 radical (unpaired) electrons. The van der Waals surface area contributed by atoms with Crippen molar-refractivity contribution in [2.75, 3.05) is 19.7 Å². The number of aliphatic hydroxyl groups excluding tert-OH is 1. The topological polar surface area (TPSA) is 35.5 Å². The number of hydrogen-bond acceptors (Lipinski definition) is 3. The van der Waals surface area contributed by atoms with Gasteiger partial charge in [-0.2, -0.15) is 0 Å². The Labute approximate surface area is 125 Å². The largest absolute Gasteiger partial charge is 0.394 e.